The molecule has 0 unspecified atom stereocenters. The number of thiazole rings is 1. The number of thioether (sulfide) groups is 1. The van der Waals surface area contributed by atoms with Crippen molar-refractivity contribution in [1.82, 2.24) is 19.7 Å². The second-order valence-electron chi connectivity index (χ2n) is 7.41. The lowest BCUT2D eigenvalue weighted by Gasteiger charge is -2.08. The van der Waals surface area contributed by atoms with Crippen LogP contribution in [0.4, 0.5) is 5.13 Å². The molecule has 0 fully saturated rings. The van der Waals surface area contributed by atoms with Crippen LogP contribution in [0.5, 0.6) is 0 Å². The van der Waals surface area contributed by atoms with Gasteiger partial charge < -0.3 is 5.32 Å². The van der Waals surface area contributed by atoms with Crippen molar-refractivity contribution in [3.63, 3.8) is 0 Å². The van der Waals surface area contributed by atoms with Crippen LogP contribution in [-0.4, -0.2) is 31.4 Å². The van der Waals surface area contributed by atoms with E-state index in [0.29, 0.717) is 23.3 Å². The SMILES string of the molecule is C=CCn1c(SCC(=O)Nc2ncc(Cc3ccc(C)c(Cl)c3)s2)nnc1-c1ccccc1Br. The van der Waals surface area contributed by atoms with E-state index < -0.39 is 0 Å². The molecule has 2 aromatic heterocycles. The van der Waals surface area contributed by atoms with Crippen LogP contribution in [0.3, 0.4) is 0 Å². The Morgan fingerprint density at radius 3 is 2.88 bits per heavy atom. The topological polar surface area (TPSA) is 72.7 Å². The highest BCUT2D eigenvalue weighted by Crippen LogP contribution is 2.30. The van der Waals surface area contributed by atoms with Crippen molar-refractivity contribution in [2.24, 2.45) is 0 Å². The van der Waals surface area contributed by atoms with Crippen molar-refractivity contribution in [2.75, 3.05) is 11.1 Å². The van der Waals surface area contributed by atoms with Crippen LogP contribution in [0.25, 0.3) is 11.4 Å². The smallest absolute Gasteiger partial charge is 0.236 e. The van der Waals surface area contributed by atoms with E-state index >= 15 is 0 Å². The monoisotopic (exact) mass is 573 g/mol. The van der Waals surface area contributed by atoms with E-state index in [9.17, 15) is 4.79 Å². The number of allylic oxidation sites excluding steroid dienone is 1. The van der Waals surface area contributed by atoms with E-state index in [2.05, 4.69) is 49.1 Å². The number of benzene rings is 2. The van der Waals surface area contributed by atoms with Crippen molar-refractivity contribution < 1.29 is 4.79 Å². The maximum Gasteiger partial charge on any atom is 0.236 e. The Morgan fingerprint density at radius 2 is 2.12 bits per heavy atom. The highest BCUT2D eigenvalue weighted by molar-refractivity contribution is 9.10. The van der Waals surface area contributed by atoms with Gasteiger partial charge in [-0.2, -0.15) is 0 Å². The van der Waals surface area contributed by atoms with Crippen LogP contribution in [0.2, 0.25) is 5.02 Å². The summed E-state index contributed by atoms with van der Waals surface area (Å²) in [4.78, 5) is 18.0. The molecule has 4 aromatic rings. The number of carbonyl (C=O) groups excluding carboxylic acids is 1. The molecule has 0 bridgehead atoms. The molecule has 10 heteroatoms. The first-order valence-corrected chi connectivity index (χ1v) is 13.3. The van der Waals surface area contributed by atoms with Gasteiger partial charge in [-0.05, 0) is 30.2 Å². The fraction of sp³-hybridized carbons (Fsp3) is 0.167. The summed E-state index contributed by atoms with van der Waals surface area (Å²) >= 11 is 12.6. The molecular formula is C24H21BrClN5OS2. The molecule has 1 N–H and O–H groups in total. The first-order chi connectivity index (χ1) is 16.4. The molecule has 0 atom stereocenters. The molecule has 2 heterocycles. The molecule has 0 aliphatic heterocycles. The minimum absolute atomic E-state index is 0.153. The molecule has 0 radical (unpaired) electrons. The van der Waals surface area contributed by atoms with Crippen molar-refractivity contribution >= 4 is 61.7 Å². The number of nitrogens with zero attached hydrogens (tertiary/aromatic N) is 4. The van der Waals surface area contributed by atoms with Crippen LogP contribution < -0.4 is 5.32 Å². The third-order valence-electron chi connectivity index (χ3n) is 4.89. The Kier molecular flexibility index (Phi) is 8.20. The predicted octanol–water partition coefficient (Wildman–Crippen LogP) is 6.63. The molecule has 4 rings (SSSR count). The van der Waals surface area contributed by atoms with Crippen molar-refractivity contribution in [3.8, 4) is 11.4 Å². The summed E-state index contributed by atoms with van der Waals surface area (Å²) in [5, 5.41) is 13.5. The standard InChI is InChI=1S/C24H21BrClN5OS2/c1-3-10-31-22(18-6-4-5-7-19(18)25)29-30-24(31)33-14-21(32)28-23-27-13-17(34-23)11-16-9-8-15(2)20(26)12-16/h3-9,12-13H,1,10-11,14H2,2H3,(H,27,28,32). The van der Waals surface area contributed by atoms with Crippen LogP contribution in [0.1, 0.15) is 16.0 Å². The lowest BCUT2D eigenvalue weighted by Crippen LogP contribution is -2.14. The predicted molar refractivity (Wildman–Crippen MR) is 144 cm³/mol. The Morgan fingerprint density at radius 1 is 1.29 bits per heavy atom. The summed E-state index contributed by atoms with van der Waals surface area (Å²) < 4.78 is 2.87. The first-order valence-electron chi connectivity index (χ1n) is 10.4. The summed E-state index contributed by atoms with van der Waals surface area (Å²) in [5.74, 6) is 0.754. The molecule has 0 saturated carbocycles. The maximum atomic E-state index is 12.6. The molecule has 1 amide bonds. The normalized spacial score (nSPS) is 10.9. The number of nitrogens with one attached hydrogen (secondary N) is 1. The number of aryl methyl sites for hydroxylation is 1. The number of hydrogen-bond acceptors (Lipinski definition) is 6. The lowest BCUT2D eigenvalue weighted by atomic mass is 10.1. The lowest BCUT2D eigenvalue weighted by molar-refractivity contribution is -0.113. The second-order valence-corrected chi connectivity index (χ2v) is 10.7. The van der Waals surface area contributed by atoms with E-state index in [0.717, 1.165) is 36.9 Å². The van der Waals surface area contributed by atoms with Gasteiger partial charge in [-0.3, -0.25) is 9.36 Å². The number of halogens is 2. The number of carbonyl (C=O) groups is 1. The third-order valence-corrected chi connectivity index (χ3v) is 7.87. The summed E-state index contributed by atoms with van der Waals surface area (Å²) in [6.45, 7) is 6.35. The minimum atomic E-state index is -0.153. The molecule has 174 valence electrons. The van der Waals surface area contributed by atoms with Gasteiger partial charge in [-0.25, -0.2) is 4.98 Å². The van der Waals surface area contributed by atoms with Gasteiger partial charge in [0.2, 0.25) is 5.91 Å². The van der Waals surface area contributed by atoms with Crippen molar-refractivity contribution in [2.45, 2.75) is 25.0 Å². The fourth-order valence-corrected chi connectivity index (χ4v) is 5.49. The van der Waals surface area contributed by atoms with E-state index in [1.807, 2.05) is 47.9 Å². The number of aromatic nitrogens is 4. The first kappa shape index (κ1) is 24.7. The Hall–Kier alpha value is -2.46. The van der Waals surface area contributed by atoms with Crippen LogP contribution in [0.15, 0.2) is 70.9 Å². The van der Waals surface area contributed by atoms with Gasteiger partial charge in [0.1, 0.15) is 0 Å². The number of amides is 1. The van der Waals surface area contributed by atoms with Gasteiger partial charge in [0, 0.05) is 39.1 Å². The maximum absolute atomic E-state index is 12.6. The molecule has 0 saturated heterocycles. The van der Waals surface area contributed by atoms with Gasteiger partial charge in [0.15, 0.2) is 16.1 Å². The Balaban J connectivity index is 1.38. The molecule has 34 heavy (non-hydrogen) atoms. The molecule has 6 nitrogen and oxygen atoms in total. The molecule has 0 spiro atoms. The van der Waals surface area contributed by atoms with E-state index in [1.165, 1.54) is 23.1 Å². The molecule has 0 aliphatic rings. The van der Waals surface area contributed by atoms with Gasteiger partial charge in [0.05, 0.1) is 5.75 Å². The van der Waals surface area contributed by atoms with E-state index in [-0.39, 0.29) is 11.7 Å². The largest absolute Gasteiger partial charge is 0.301 e. The van der Waals surface area contributed by atoms with E-state index in [4.69, 9.17) is 11.6 Å². The quantitative estimate of drug-likeness (QED) is 0.179. The zero-order valence-corrected chi connectivity index (χ0v) is 22.3. The van der Waals surface area contributed by atoms with Crippen LogP contribution in [-0.2, 0) is 17.8 Å². The van der Waals surface area contributed by atoms with Gasteiger partial charge >= 0.3 is 0 Å². The zero-order chi connectivity index (χ0) is 24.1. The average molecular weight is 575 g/mol. The van der Waals surface area contributed by atoms with Crippen molar-refractivity contribution in [1.29, 1.82) is 0 Å². The minimum Gasteiger partial charge on any atom is -0.301 e. The zero-order valence-electron chi connectivity index (χ0n) is 18.3. The average Bonchev–Trinajstić information content (AvgIpc) is 3.42. The summed E-state index contributed by atoms with van der Waals surface area (Å²) in [6.07, 6.45) is 4.28. The van der Waals surface area contributed by atoms with Gasteiger partial charge in [0.25, 0.3) is 0 Å². The Bertz CT molecular complexity index is 1340. The third kappa shape index (κ3) is 5.96. The Labute approximate surface area is 219 Å². The van der Waals surface area contributed by atoms with E-state index in [1.54, 1.807) is 12.3 Å². The number of hydrogen-bond donors (Lipinski definition) is 1. The highest BCUT2D eigenvalue weighted by Gasteiger charge is 2.17. The summed E-state index contributed by atoms with van der Waals surface area (Å²) in [5.41, 5.74) is 3.08. The van der Waals surface area contributed by atoms with Gasteiger partial charge in [-0.1, -0.05) is 75.7 Å². The molecule has 2 aromatic carbocycles. The fourth-order valence-electron chi connectivity index (χ4n) is 3.21. The van der Waals surface area contributed by atoms with Gasteiger partial charge in [-0.15, -0.1) is 28.1 Å². The van der Waals surface area contributed by atoms with Crippen LogP contribution >= 0.6 is 50.6 Å². The summed E-state index contributed by atoms with van der Waals surface area (Å²) in [6, 6.07) is 13.8. The van der Waals surface area contributed by atoms with Crippen LogP contribution in [0, 0.1) is 6.92 Å². The summed E-state index contributed by atoms with van der Waals surface area (Å²) in [7, 11) is 0. The highest BCUT2D eigenvalue weighted by atomic mass is 79.9. The molecule has 0 aliphatic carbocycles. The van der Waals surface area contributed by atoms with Crippen molar-refractivity contribution in [3.05, 3.63) is 86.8 Å². The number of anilines is 1. The molecular weight excluding hydrogens is 554 g/mol. The second kappa shape index (κ2) is 11.3. The number of rotatable bonds is 9.